The van der Waals surface area contributed by atoms with E-state index in [9.17, 15) is 4.79 Å². The molecule has 0 aliphatic heterocycles. The number of nitrogens with one attached hydrogen (secondary N) is 1. The molecule has 3 rings (SSSR count). The lowest BCUT2D eigenvalue weighted by atomic mass is 9.80. The molecule has 0 saturated carbocycles. The van der Waals surface area contributed by atoms with E-state index in [0.717, 1.165) is 29.7 Å². The van der Waals surface area contributed by atoms with Crippen LogP contribution in [0.1, 0.15) is 28.0 Å². The van der Waals surface area contributed by atoms with Crippen molar-refractivity contribution in [2.75, 3.05) is 14.2 Å². The zero-order valence-corrected chi connectivity index (χ0v) is 12.2. The van der Waals surface area contributed by atoms with E-state index in [0.29, 0.717) is 17.9 Å². The number of ether oxygens (including phenoxy) is 2. The minimum absolute atomic E-state index is 0.00366. The second-order valence-corrected chi connectivity index (χ2v) is 5.25. The fourth-order valence-electron chi connectivity index (χ4n) is 2.89. The summed E-state index contributed by atoms with van der Waals surface area (Å²) < 4.78 is 10.6. The molecule has 1 aliphatic rings. The number of rotatable bonds is 4. The number of fused-ring (bicyclic) bond motifs is 1. The van der Waals surface area contributed by atoms with Gasteiger partial charge >= 0.3 is 0 Å². The van der Waals surface area contributed by atoms with Gasteiger partial charge in [0.15, 0.2) is 17.3 Å². The molecule has 0 saturated heterocycles. The van der Waals surface area contributed by atoms with E-state index in [2.05, 4.69) is 9.97 Å². The van der Waals surface area contributed by atoms with E-state index < -0.39 is 0 Å². The van der Waals surface area contributed by atoms with E-state index >= 15 is 0 Å². The van der Waals surface area contributed by atoms with Crippen molar-refractivity contribution in [2.45, 2.75) is 19.3 Å². The van der Waals surface area contributed by atoms with Gasteiger partial charge in [-0.3, -0.25) is 4.79 Å². The van der Waals surface area contributed by atoms with Crippen molar-refractivity contribution in [3.63, 3.8) is 0 Å². The number of hydrogen-bond acceptors (Lipinski definition) is 4. The lowest BCUT2D eigenvalue weighted by molar-refractivity contribution is 0.0900. The zero-order valence-electron chi connectivity index (χ0n) is 12.2. The molecule has 0 bridgehead atoms. The number of aryl methyl sites for hydroxylation is 1. The number of H-pyrrole nitrogens is 1. The Morgan fingerprint density at radius 3 is 2.71 bits per heavy atom. The van der Waals surface area contributed by atoms with Gasteiger partial charge in [0.2, 0.25) is 0 Å². The topological polar surface area (TPSA) is 64.2 Å². The van der Waals surface area contributed by atoms with Gasteiger partial charge < -0.3 is 14.5 Å². The molecule has 0 fully saturated rings. The highest BCUT2D eigenvalue weighted by Gasteiger charge is 2.29. The van der Waals surface area contributed by atoms with E-state index in [1.807, 2.05) is 6.07 Å². The average molecular weight is 286 g/mol. The molecule has 0 radical (unpaired) electrons. The highest BCUT2D eigenvalue weighted by Crippen LogP contribution is 2.36. The number of carbonyl (C=O) groups excluding carboxylic acids is 1. The van der Waals surface area contributed by atoms with Gasteiger partial charge in [0, 0.05) is 23.4 Å². The van der Waals surface area contributed by atoms with Gasteiger partial charge in [0.05, 0.1) is 20.5 Å². The smallest absolute Gasteiger partial charge is 0.166 e. The number of Topliss-reactive ketones (excluding diaryl/α,β-unsaturated/α-hetero) is 1. The lowest BCUT2D eigenvalue weighted by Gasteiger charge is -2.24. The fraction of sp³-hybridized carbons (Fsp3) is 0.375. The number of hydrogen-bond donors (Lipinski definition) is 1. The predicted molar refractivity (Wildman–Crippen MR) is 78.0 cm³/mol. The molecule has 0 spiro atoms. The Morgan fingerprint density at radius 2 is 2.05 bits per heavy atom. The lowest BCUT2D eigenvalue weighted by Crippen LogP contribution is -2.24. The van der Waals surface area contributed by atoms with Gasteiger partial charge in [-0.25, -0.2) is 4.98 Å². The Kier molecular flexibility index (Phi) is 3.64. The summed E-state index contributed by atoms with van der Waals surface area (Å²) >= 11 is 0. The van der Waals surface area contributed by atoms with Crippen molar-refractivity contribution >= 4 is 5.78 Å². The summed E-state index contributed by atoms with van der Waals surface area (Å²) in [7, 11) is 3.19. The Morgan fingerprint density at radius 1 is 1.29 bits per heavy atom. The maximum absolute atomic E-state index is 12.7. The van der Waals surface area contributed by atoms with E-state index in [1.165, 1.54) is 0 Å². The molecule has 2 aromatic rings. The summed E-state index contributed by atoms with van der Waals surface area (Å²) in [5.74, 6) is 1.45. The molecule has 0 amide bonds. The van der Waals surface area contributed by atoms with Crippen molar-refractivity contribution < 1.29 is 14.3 Å². The third-order valence-corrected chi connectivity index (χ3v) is 4.03. The third-order valence-electron chi connectivity index (χ3n) is 4.03. The summed E-state index contributed by atoms with van der Waals surface area (Å²) in [5.41, 5.74) is 2.79. The molecule has 1 heterocycles. The van der Waals surface area contributed by atoms with Crippen molar-refractivity contribution in [1.29, 1.82) is 0 Å². The highest BCUT2D eigenvalue weighted by atomic mass is 16.5. The number of ketones is 1. The maximum atomic E-state index is 12.7. The standard InChI is InChI=1S/C16H18N2O3/c1-20-14-6-10-3-4-11(5-12-8-17-9-18-12)16(19)13(10)7-15(14)21-2/h6-9,11H,3-5H2,1-2H3,(H,17,18). The van der Waals surface area contributed by atoms with Crippen LogP contribution in [-0.2, 0) is 12.8 Å². The predicted octanol–water partition coefficient (Wildman–Crippen LogP) is 2.41. The van der Waals surface area contributed by atoms with E-state index in [4.69, 9.17) is 9.47 Å². The van der Waals surface area contributed by atoms with Gasteiger partial charge in [-0.1, -0.05) is 0 Å². The monoisotopic (exact) mass is 286 g/mol. The molecule has 110 valence electrons. The second-order valence-electron chi connectivity index (χ2n) is 5.25. The van der Waals surface area contributed by atoms with Crippen LogP contribution in [0.5, 0.6) is 11.5 Å². The van der Waals surface area contributed by atoms with Crippen molar-refractivity contribution in [2.24, 2.45) is 5.92 Å². The minimum Gasteiger partial charge on any atom is -0.493 e. The van der Waals surface area contributed by atoms with Crippen LogP contribution in [0.2, 0.25) is 0 Å². The van der Waals surface area contributed by atoms with Crippen LogP contribution in [0.3, 0.4) is 0 Å². The number of aromatic nitrogens is 2. The van der Waals surface area contributed by atoms with Crippen LogP contribution in [0, 0.1) is 5.92 Å². The number of aromatic amines is 1. The Labute approximate surface area is 123 Å². The van der Waals surface area contributed by atoms with Crippen molar-refractivity contribution in [3.05, 3.63) is 41.5 Å². The molecular weight excluding hydrogens is 268 g/mol. The molecule has 21 heavy (non-hydrogen) atoms. The summed E-state index contributed by atoms with van der Waals surface area (Å²) in [6, 6.07) is 3.72. The molecule has 1 aromatic carbocycles. The summed E-state index contributed by atoms with van der Waals surface area (Å²) in [6.45, 7) is 0. The average Bonchev–Trinajstić information content (AvgIpc) is 3.02. The molecule has 1 aromatic heterocycles. The number of carbonyl (C=O) groups is 1. The van der Waals surface area contributed by atoms with Crippen LogP contribution in [-0.4, -0.2) is 30.0 Å². The summed E-state index contributed by atoms with van der Waals surface area (Å²) in [4.78, 5) is 19.7. The van der Waals surface area contributed by atoms with Gasteiger partial charge in [-0.05, 0) is 37.0 Å². The number of methoxy groups -OCH3 is 2. The molecule has 5 heteroatoms. The first kappa shape index (κ1) is 13.7. The molecule has 1 N–H and O–H groups in total. The first-order valence-corrected chi connectivity index (χ1v) is 6.99. The van der Waals surface area contributed by atoms with Crippen LogP contribution < -0.4 is 9.47 Å². The first-order valence-electron chi connectivity index (χ1n) is 6.99. The third kappa shape index (κ3) is 2.51. The van der Waals surface area contributed by atoms with Crippen LogP contribution in [0.4, 0.5) is 0 Å². The minimum atomic E-state index is -0.00366. The van der Waals surface area contributed by atoms with E-state index in [-0.39, 0.29) is 11.7 Å². The van der Waals surface area contributed by atoms with Crippen LogP contribution in [0.25, 0.3) is 0 Å². The Bertz CT molecular complexity index is 650. The van der Waals surface area contributed by atoms with Crippen LogP contribution in [0.15, 0.2) is 24.7 Å². The Hall–Kier alpha value is -2.30. The number of nitrogens with zero attached hydrogens (tertiary/aromatic N) is 1. The van der Waals surface area contributed by atoms with Gasteiger partial charge in [0.1, 0.15) is 0 Å². The molecule has 1 aliphatic carbocycles. The summed E-state index contributed by atoms with van der Waals surface area (Å²) in [5, 5.41) is 0. The zero-order chi connectivity index (χ0) is 14.8. The normalized spacial score (nSPS) is 17.4. The molecule has 1 unspecified atom stereocenters. The SMILES string of the molecule is COc1cc2c(cc1OC)C(=O)C(Cc1cnc[nH]1)CC2. The molecular formula is C16H18N2O3. The highest BCUT2D eigenvalue weighted by molar-refractivity contribution is 6.01. The summed E-state index contributed by atoms with van der Waals surface area (Å²) in [6.07, 6.45) is 5.84. The Balaban J connectivity index is 1.90. The first-order chi connectivity index (χ1) is 10.2. The quantitative estimate of drug-likeness (QED) is 0.937. The number of benzene rings is 1. The van der Waals surface area contributed by atoms with Crippen LogP contribution >= 0.6 is 0 Å². The maximum Gasteiger partial charge on any atom is 0.166 e. The second kappa shape index (κ2) is 5.60. The van der Waals surface area contributed by atoms with Gasteiger partial charge in [-0.15, -0.1) is 0 Å². The van der Waals surface area contributed by atoms with Crippen molar-refractivity contribution in [1.82, 2.24) is 9.97 Å². The van der Waals surface area contributed by atoms with E-state index in [1.54, 1.807) is 32.8 Å². The molecule has 1 atom stereocenters. The molecule has 5 nitrogen and oxygen atoms in total. The van der Waals surface area contributed by atoms with Gasteiger partial charge in [-0.2, -0.15) is 0 Å². The fourth-order valence-corrected chi connectivity index (χ4v) is 2.89. The van der Waals surface area contributed by atoms with Gasteiger partial charge in [0.25, 0.3) is 0 Å². The largest absolute Gasteiger partial charge is 0.493 e. The van der Waals surface area contributed by atoms with Crippen molar-refractivity contribution in [3.8, 4) is 11.5 Å². The number of imidazole rings is 1.